The van der Waals surface area contributed by atoms with E-state index in [0.29, 0.717) is 21.5 Å². The van der Waals surface area contributed by atoms with Crippen LogP contribution in [0.4, 0.5) is 5.13 Å². The van der Waals surface area contributed by atoms with Gasteiger partial charge < -0.3 is 13.6 Å². The third kappa shape index (κ3) is 2.87. The van der Waals surface area contributed by atoms with Gasteiger partial charge in [-0.15, -0.1) is 0 Å². The summed E-state index contributed by atoms with van der Waals surface area (Å²) in [6.07, 6.45) is 0. The quantitative estimate of drug-likeness (QED) is 0.539. The van der Waals surface area contributed by atoms with Crippen LogP contribution in [-0.4, -0.2) is 24.0 Å². The number of nitrogens with one attached hydrogen (secondary N) is 1. The van der Waals surface area contributed by atoms with Crippen molar-refractivity contribution in [2.24, 2.45) is 0 Å². The van der Waals surface area contributed by atoms with Crippen LogP contribution in [-0.2, 0) is 4.74 Å². The average Bonchev–Trinajstić information content (AvgIpc) is 3.25. The Morgan fingerprint density at radius 1 is 1.19 bits per heavy atom. The van der Waals surface area contributed by atoms with E-state index in [9.17, 15) is 14.4 Å². The minimum atomic E-state index is -0.616. The van der Waals surface area contributed by atoms with Crippen molar-refractivity contribution >= 4 is 50.5 Å². The molecule has 8 nitrogen and oxygen atoms in total. The van der Waals surface area contributed by atoms with Crippen LogP contribution >= 0.6 is 11.3 Å². The Balaban J connectivity index is 1.69. The molecule has 0 spiro atoms. The lowest BCUT2D eigenvalue weighted by atomic mass is 10.2. The van der Waals surface area contributed by atoms with E-state index < -0.39 is 11.9 Å². The molecule has 0 radical (unpaired) electrons. The number of anilines is 1. The maximum absolute atomic E-state index is 12.5. The van der Waals surface area contributed by atoms with Crippen molar-refractivity contribution < 1.29 is 23.2 Å². The van der Waals surface area contributed by atoms with Crippen molar-refractivity contribution in [2.45, 2.75) is 6.92 Å². The summed E-state index contributed by atoms with van der Waals surface area (Å²) in [6, 6.07) is 8.07. The molecule has 0 aliphatic rings. The highest BCUT2D eigenvalue weighted by Gasteiger charge is 2.21. The highest BCUT2D eigenvalue weighted by Crippen LogP contribution is 2.25. The van der Waals surface area contributed by atoms with Crippen LogP contribution in [0.2, 0.25) is 0 Å². The molecule has 1 N–H and O–H groups in total. The van der Waals surface area contributed by atoms with E-state index in [1.807, 2.05) is 0 Å². The zero-order valence-electron chi connectivity index (χ0n) is 14.2. The fraction of sp³-hybridized carbons (Fsp3) is 0.111. The zero-order chi connectivity index (χ0) is 19.1. The molecule has 0 fully saturated rings. The monoisotopic (exact) mass is 384 g/mol. The molecule has 0 unspecified atom stereocenters. The molecule has 0 aliphatic carbocycles. The summed E-state index contributed by atoms with van der Waals surface area (Å²) in [5.74, 6) is -1.28. The van der Waals surface area contributed by atoms with Gasteiger partial charge in [0.1, 0.15) is 15.8 Å². The van der Waals surface area contributed by atoms with Crippen molar-refractivity contribution in [3.63, 3.8) is 0 Å². The number of rotatable bonds is 3. The van der Waals surface area contributed by atoms with E-state index in [1.54, 1.807) is 31.2 Å². The van der Waals surface area contributed by atoms with E-state index in [1.165, 1.54) is 13.2 Å². The first kappa shape index (κ1) is 17.0. The maximum Gasteiger partial charge on any atom is 0.350 e. The molecule has 0 bridgehead atoms. The zero-order valence-corrected chi connectivity index (χ0v) is 15.0. The normalized spacial score (nSPS) is 11.0. The molecule has 27 heavy (non-hydrogen) atoms. The largest absolute Gasteiger partial charge is 0.465 e. The number of nitrogens with zero attached hydrogens (tertiary/aromatic N) is 1. The number of aromatic nitrogens is 1. The topological polar surface area (TPSA) is 112 Å². The number of carbonyl (C=O) groups is 2. The third-order valence-electron chi connectivity index (χ3n) is 3.89. The fourth-order valence-electron chi connectivity index (χ4n) is 2.60. The number of aryl methyl sites for hydroxylation is 1. The summed E-state index contributed by atoms with van der Waals surface area (Å²) >= 11 is 0.983. The Labute approximate surface area is 155 Å². The number of hydrogen-bond acceptors (Lipinski definition) is 8. The Kier molecular flexibility index (Phi) is 4.00. The van der Waals surface area contributed by atoms with Gasteiger partial charge in [0.05, 0.1) is 18.2 Å². The Bertz CT molecular complexity index is 1270. The fourth-order valence-corrected chi connectivity index (χ4v) is 3.48. The number of benzene rings is 1. The number of ether oxygens (including phenoxy) is 1. The number of hydrogen-bond donors (Lipinski definition) is 1. The number of furan rings is 1. The molecule has 0 aliphatic heterocycles. The van der Waals surface area contributed by atoms with E-state index in [-0.39, 0.29) is 27.5 Å². The lowest BCUT2D eigenvalue weighted by Crippen LogP contribution is -2.10. The van der Waals surface area contributed by atoms with Crippen LogP contribution < -0.4 is 10.7 Å². The molecule has 1 aromatic carbocycles. The molecule has 0 atom stereocenters. The second kappa shape index (κ2) is 6.36. The number of methoxy groups -OCH3 is 1. The van der Waals surface area contributed by atoms with Gasteiger partial charge >= 0.3 is 11.7 Å². The molecule has 136 valence electrons. The molecule has 4 aromatic rings. The summed E-state index contributed by atoms with van der Waals surface area (Å²) in [7, 11) is 1.27. The van der Waals surface area contributed by atoms with E-state index in [0.717, 1.165) is 11.3 Å². The minimum Gasteiger partial charge on any atom is -0.465 e. The van der Waals surface area contributed by atoms with Crippen LogP contribution in [0.1, 0.15) is 25.9 Å². The van der Waals surface area contributed by atoms with Gasteiger partial charge in [-0.2, -0.15) is 0 Å². The molecule has 1 amide bonds. The minimum absolute atomic E-state index is 0.0329. The maximum atomic E-state index is 12.5. The number of esters is 1. The SMILES string of the molecule is COC(=O)c1sc(NC(=O)c2cc3c(=O)c4ccccc4oc3o2)nc1C. The van der Waals surface area contributed by atoms with Crippen LogP contribution in [0.15, 0.2) is 44.0 Å². The molecular formula is C18H12N2O6S. The van der Waals surface area contributed by atoms with Crippen LogP contribution in [0.25, 0.3) is 22.1 Å². The van der Waals surface area contributed by atoms with Gasteiger partial charge in [0.25, 0.3) is 5.91 Å². The smallest absolute Gasteiger partial charge is 0.350 e. The third-order valence-corrected chi connectivity index (χ3v) is 4.94. The van der Waals surface area contributed by atoms with Crippen LogP contribution in [0.5, 0.6) is 0 Å². The Hall–Kier alpha value is -3.46. The summed E-state index contributed by atoms with van der Waals surface area (Å²) in [6.45, 7) is 1.63. The van der Waals surface area contributed by atoms with Gasteiger partial charge in [0.2, 0.25) is 5.43 Å². The summed E-state index contributed by atoms with van der Waals surface area (Å²) in [5.41, 5.74) is 0.525. The lowest BCUT2D eigenvalue weighted by molar-refractivity contribution is 0.0605. The highest BCUT2D eigenvalue weighted by atomic mass is 32.1. The Morgan fingerprint density at radius 3 is 2.74 bits per heavy atom. The average molecular weight is 384 g/mol. The van der Waals surface area contributed by atoms with Gasteiger partial charge in [-0.3, -0.25) is 14.9 Å². The van der Waals surface area contributed by atoms with Gasteiger partial charge in [-0.1, -0.05) is 23.5 Å². The molecule has 3 aromatic heterocycles. The molecule has 4 rings (SSSR count). The van der Waals surface area contributed by atoms with Crippen molar-refractivity contribution in [3.05, 3.63) is 56.9 Å². The van der Waals surface area contributed by atoms with Crippen molar-refractivity contribution in [1.82, 2.24) is 4.98 Å². The summed E-state index contributed by atoms with van der Waals surface area (Å²) in [5, 5.41) is 3.32. The number of amides is 1. The molecule has 0 saturated heterocycles. The first-order valence-electron chi connectivity index (χ1n) is 7.80. The molecule has 9 heteroatoms. The number of fused-ring (bicyclic) bond motifs is 2. The van der Waals surface area contributed by atoms with E-state index >= 15 is 0 Å². The predicted octanol–water partition coefficient (Wildman–Crippen LogP) is 3.34. The second-order valence-electron chi connectivity index (χ2n) is 5.62. The number of thiazole rings is 1. The van der Waals surface area contributed by atoms with Crippen LogP contribution in [0, 0.1) is 6.92 Å². The van der Waals surface area contributed by atoms with E-state index in [4.69, 9.17) is 8.83 Å². The lowest BCUT2D eigenvalue weighted by Gasteiger charge is -1.97. The van der Waals surface area contributed by atoms with Gasteiger partial charge in [0.15, 0.2) is 10.9 Å². The summed E-state index contributed by atoms with van der Waals surface area (Å²) < 4.78 is 15.6. The number of carbonyl (C=O) groups excluding carboxylic acids is 2. The summed E-state index contributed by atoms with van der Waals surface area (Å²) in [4.78, 5) is 41.0. The standard InChI is InChI=1S/C18H12N2O6S/c1-8-14(16(23)24-2)27-18(19-8)20-15(22)12-7-10-13(21)9-5-3-4-6-11(9)25-17(10)26-12/h3-7H,1-2H3,(H,19,20,22). The van der Waals surface area contributed by atoms with Gasteiger partial charge in [-0.25, -0.2) is 9.78 Å². The molecule has 0 saturated carbocycles. The Morgan fingerprint density at radius 2 is 1.96 bits per heavy atom. The van der Waals surface area contributed by atoms with Gasteiger partial charge in [-0.05, 0) is 19.1 Å². The van der Waals surface area contributed by atoms with E-state index in [2.05, 4.69) is 15.0 Å². The predicted molar refractivity (Wildman–Crippen MR) is 98.4 cm³/mol. The number of para-hydroxylation sites is 1. The molecular weight excluding hydrogens is 372 g/mol. The van der Waals surface area contributed by atoms with Gasteiger partial charge in [0, 0.05) is 6.07 Å². The molecule has 3 heterocycles. The van der Waals surface area contributed by atoms with Crippen molar-refractivity contribution in [2.75, 3.05) is 12.4 Å². The first-order valence-corrected chi connectivity index (χ1v) is 8.62. The van der Waals surface area contributed by atoms with Crippen LogP contribution in [0.3, 0.4) is 0 Å². The first-order chi connectivity index (χ1) is 13.0. The van der Waals surface area contributed by atoms with Crippen molar-refractivity contribution in [1.29, 1.82) is 0 Å². The second-order valence-corrected chi connectivity index (χ2v) is 6.62. The van der Waals surface area contributed by atoms with Crippen molar-refractivity contribution in [3.8, 4) is 0 Å². The highest BCUT2D eigenvalue weighted by molar-refractivity contribution is 7.17.